The predicted molar refractivity (Wildman–Crippen MR) is 33.9 cm³/mol. The number of hydrogen-bond acceptors (Lipinski definition) is 2. The second-order valence-electron chi connectivity index (χ2n) is 2.33. The first-order valence-corrected chi connectivity index (χ1v) is 4.41. The first-order chi connectivity index (χ1) is 3.83. The van der Waals surface area contributed by atoms with Gasteiger partial charge in [-0.05, 0) is 0 Å². The third-order valence-electron chi connectivity index (χ3n) is 1.58. The zero-order valence-corrected chi connectivity index (χ0v) is 8.17. The summed E-state index contributed by atoms with van der Waals surface area (Å²) in [5.41, 5.74) is 0. The van der Waals surface area contributed by atoms with Crippen LogP contribution in [0.4, 0.5) is 0 Å². The van der Waals surface area contributed by atoms with Crippen molar-refractivity contribution in [2.75, 3.05) is 19.7 Å². The van der Waals surface area contributed by atoms with Crippen LogP contribution in [0.15, 0.2) is 0 Å². The summed E-state index contributed by atoms with van der Waals surface area (Å²) in [4.78, 5) is 0. The summed E-state index contributed by atoms with van der Waals surface area (Å²) in [6.45, 7) is 2.74. The Balaban J connectivity index is 2.22. The Kier molecular flexibility index (Phi) is 2.59. The van der Waals surface area contributed by atoms with Crippen molar-refractivity contribution < 1.29 is 5.11 Å². The first-order valence-electron chi connectivity index (χ1n) is 2.93. The van der Waals surface area contributed by atoms with Gasteiger partial charge in [0.25, 0.3) is 0 Å². The molecule has 1 heterocycles. The van der Waals surface area contributed by atoms with Crippen LogP contribution in [0.1, 0.15) is 6.42 Å². The molecule has 0 bridgehead atoms. The standard InChI is InChI=1S/C5H10NO.Sn.H/c7-4-5-1-2-6-3-5;;/h5,7H,1-4H2;;/q-1;+1;. The summed E-state index contributed by atoms with van der Waals surface area (Å²) < 4.78 is 2.38. The maximum absolute atomic E-state index is 8.67. The molecule has 2 nitrogen and oxygen atoms in total. The molecule has 0 aromatic rings. The summed E-state index contributed by atoms with van der Waals surface area (Å²) in [7, 11) is 0. The van der Waals surface area contributed by atoms with Crippen LogP contribution in [-0.4, -0.2) is 50.7 Å². The zero-order valence-electron chi connectivity index (χ0n) is 4.88. The minimum absolute atomic E-state index is 0.386. The molecule has 1 saturated heterocycles. The molecule has 0 saturated carbocycles. The number of nitrogens with zero attached hydrogens (tertiary/aromatic N) is 1. The predicted octanol–water partition coefficient (Wildman–Crippen LogP) is -0.884. The fourth-order valence-corrected chi connectivity index (χ4v) is 2.29. The van der Waals surface area contributed by atoms with Gasteiger partial charge in [0.05, 0.1) is 0 Å². The zero-order chi connectivity index (χ0) is 5.98. The van der Waals surface area contributed by atoms with Crippen molar-refractivity contribution >= 4 is 22.8 Å². The molecule has 0 aromatic heterocycles. The topological polar surface area (TPSA) is 23.5 Å². The number of hydrogen-bond donors (Lipinski definition) is 1. The Morgan fingerprint density at radius 3 is 2.75 bits per heavy atom. The Bertz CT molecular complexity index is 78.8. The van der Waals surface area contributed by atoms with Gasteiger partial charge in [0.15, 0.2) is 0 Å². The van der Waals surface area contributed by atoms with E-state index in [1.165, 1.54) is 35.8 Å². The van der Waals surface area contributed by atoms with Crippen LogP contribution < -0.4 is 0 Å². The van der Waals surface area contributed by atoms with E-state index in [-0.39, 0.29) is 0 Å². The van der Waals surface area contributed by atoms with Crippen LogP contribution in [0.25, 0.3) is 0 Å². The van der Waals surface area contributed by atoms with Gasteiger partial charge in [0.2, 0.25) is 0 Å². The summed E-state index contributed by atoms with van der Waals surface area (Å²) in [5.74, 6) is 0.588. The molecule has 1 fully saturated rings. The van der Waals surface area contributed by atoms with Crippen molar-refractivity contribution in [1.29, 1.82) is 0 Å². The molecule has 1 rings (SSSR count). The molecule has 2 radical (unpaired) electrons. The summed E-state index contributed by atoms with van der Waals surface area (Å²) in [6.07, 6.45) is 1.21. The minimum atomic E-state index is 0.386. The van der Waals surface area contributed by atoms with Gasteiger partial charge in [-0.25, -0.2) is 0 Å². The number of aliphatic hydroxyl groups excluding tert-OH is 1. The molecule has 0 aromatic carbocycles. The Labute approximate surface area is 63.3 Å². The van der Waals surface area contributed by atoms with E-state index in [1.54, 1.807) is 0 Å². The average Bonchev–Trinajstić information content (AvgIpc) is 2.14. The third-order valence-corrected chi connectivity index (χ3v) is 2.91. The van der Waals surface area contributed by atoms with E-state index < -0.39 is 0 Å². The molecule has 0 spiro atoms. The Morgan fingerprint density at radius 2 is 2.50 bits per heavy atom. The quantitative estimate of drug-likeness (QED) is 0.579. The van der Waals surface area contributed by atoms with E-state index in [0.29, 0.717) is 12.5 Å². The molecule has 0 amide bonds. The molecule has 1 aliphatic rings. The molecule has 3 heteroatoms. The molecular formula is C5H11NOSn. The van der Waals surface area contributed by atoms with E-state index in [1.807, 2.05) is 0 Å². The van der Waals surface area contributed by atoms with Crippen molar-refractivity contribution in [3.63, 3.8) is 0 Å². The van der Waals surface area contributed by atoms with E-state index in [0.717, 1.165) is 6.54 Å². The van der Waals surface area contributed by atoms with Crippen LogP contribution in [0, 0.1) is 5.92 Å². The molecule has 1 atom stereocenters. The second kappa shape index (κ2) is 3.03. The van der Waals surface area contributed by atoms with Gasteiger partial charge in [-0.1, -0.05) is 0 Å². The van der Waals surface area contributed by atoms with E-state index in [2.05, 4.69) is 3.12 Å². The summed E-state index contributed by atoms with van der Waals surface area (Å²) in [6, 6.07) is 0. The first kappa shape index (κ1) is 6.83. The van der Waals surface area contributed by atoms with Gasteiger partial charge in [-0.3, -0.25) is 0 Å². The molecule has 8 heavy (non-hydrogen) atoms. The van der Waals surface area contributed by atoms with Gasteiger partial charge in [0.1, 0.15) is 0 Å². The van der Waals surface area contributed by atoms with Gasteiger partial charge < -0.3 is 0 Å². The van der Waals surface area contributed by atoms with Crippen molar-refractivity contribution in [2.24, 2.45) is 5.92 Å². The van der Waals surface area contributed by atoms with Crippen LogP contribution in [-0.2, 0) is 0 Å². The van der Waals surface area contributed by atoms with Crippen molar-refractivity contribution in [3.8, 4) is 0 Å². The van der Waals surface area contributed by atoms with Gasteiger partial charge in [-0.2, -0.15) is 0 Å². The van der Waals surface area contributed by atoms with Crippen molar-refractivity contribution in [3.05, 3.63) is 0 Å². The van der Waals surface area contributed by atoms with Crippen LogP contribution in [0.5, 0.6) is 0 Å². The van der Waals surface area contributed by atoms with Gasteiger partial charge in [0, 0.05) is 0 Å². The Hall–Kier alpha value is 0.719. The monoisotopic (exact) mass is 221 g/mol. The Morgan fingerprint density at radius 1 is 1.75 bits per heavy atom. The molecule has 0 aliphatic carbocycles. The fourth-order valence-electron chi connectivity index (χ4n) is 1.01. The van der Waals surface area contributed by atoms with Crippen molar-refractivity contribution in [2.45, 2.75) is 6.42 Å². The maximum atomic E-state index is 8.67. The van der Waals surface area contributed by atoms with Gasteiger partial charge >= 0.3 is 63.1 Å². The average molecular weight is 220 g/mol. The SMILES string of the molecule is OCC1CC[N]([SnH])C1. The van der Waals surface area contributed by atoms with E-state index in [9.17, 15) is 0 Å². The molecular weight excluding hydrogens is 209 g/mol. The van der Waals surface area contributed by atoms with Crippen LogP contribution in [0.3, 0.4) is 0 Å². The van der Waals surface area contributed by atoms with E-state index >= 15 is 0 Å². The second-order valence-corrected chi connectivity index (χ2v) is 4.42. The normalized spacial score (nSPS) is 31.5. The molecule has 1 unspecified atom stereocenters. The van der Waals surface area contributed by atoms with Gasteiger partial charge in [-0.15, -0.1) is 0 Å². The number of aliphatic hydroxyl groups is 1. The van der Waals surface area contributed by atoms with E-state index in [4.69, 9.17) is 5.11 Å². The molecule has 46 valence electrons. The summed E-state index contributed by atoms with van der Waals surface area (Å²) in [5, 5.41) is 8.67. The van der Waals surface area contributed by atoms with Crippen molar-refractivity contribution in [1.82, 2.24) is 3.12 Å². The molecule has 1 aliphatic heterocycles. The fraction of sp³-hybridized carbons (Fsp3) is 1.00. The van der Waals surface area contributed by atoms with Crippen LogP contribution in [0.2, 0.25) is 0 Å². The number of rotatable bonds is 1. The summed E-state index contributed by atoms with van der Waals surface area (Å²) >= 11 is 1.23. The van der Waals surface area contributed by atoms with Crippen LogP contribution >= 0.6 is 0 Å². The third kappa shape index (κ3) is 1.60. The molecule has 1 N–H and O–H groups in total.